The Morgan fingerprint density at radius 2 is 1.74 bits per heavy atom. The number of hydrogen-bond donors (Lipinski definition) is 1. The van der Waals surface area contributed by atoms with E-state index in [4.69, 9.17) is 18.9 Å². The minimum atomic E-state index is -1.55. The largest absolute Gasteiger partial charge is 0.506 e. The fourth-order valence-corrected chi connectivity index (χ4v) is 10.6. The maximum atomic E-state index is 15.7. The summed E-state index contributed by atoms with van der Waals surface area (Å²) in [4.78, 5) is 45.7. The zero-order chi connectivity index (χ0) is 38.1. The monoisotopic (exact) mass is 727 g/mol. The number of ether oxygens (including phenoxy) is 4. The SMILES string of the molecule is CCOC(=O)/C=C/C[C@]12OC(C)(C)C3C[C@H](C1=O)C(N1CCCCC1)C1C(=O)c4c(O)c5c(c(CC=C(C)C)c4O[C@]132)O[C@](C)(CCC=C(C)C)C=C5. The first-order chi connectivity index (χ1) is 25.1. The summed E-state index contributed by atoms with van der Waals surface area (Å²) < 4.78 is 26.6. The number of aromatic hydroxyl groups is 1. The van der Waals surface area contributed by atoms with Gasteiger partial charge in [-0.15, -0.1) is 0 Å². The van der Waals surface area contributed by atoms with Crippen molar-refractivity contribution in [2.75, 3.05) is 19.7 Å². The van der Waals surface area contributed by atoms with Crippen LogP contribution in [0.4, 0.5) is 0 Å². The van der Waals surface area contributed by atoms with E-state index in [1.54, 1.807) is 13.0 Å². The van der Waals surface area contributed by atoms with Gasteiger partial charge in [0.15, 0.2) is 22.8 Å². The zero-order valence-electron chi connectivity index (χ0n) is 32.8. The molecule has 2 saturated heterocycles. The van der Waals surface area contributed by atoms with Gasteiger partial charge < -0.3 is 24.1 Å². The summed E-state index contributed by atoms with van der Waals surface area (Å²) in [6.07, 6.45) is 16.7. The molecule has 1 aromatic carbocycles. The molecule has 9 nitrogen and oxygen atoms in total. The minimum absolute atomic E-state index is 0.0504. The van der Waals surface area contributed by atoms with Crippen LogP contribution in [0.5, 0.6) is 17.2 Å². The number of rotatable bonds is 10. The molecule has 4 heterocycles. The molecule has 4 bridgehead atoms. The third kappa shape index (κ3) is 5.83. The fourth-order valence-electron chi connectivity index (χ4n) is 10.6. The zero-order valence-corrected chi connectivity index (χ0v) is 32.8. The highest BCUT2D eigenvalue weighted by atomic mass is 16.6. The normalized spacial score (nSPS) is 33.4. The molecule has 0 radical (unpaired) electrons. The molecule has 3 aliphatic carbocycles. The van der Waals surface area contributed by atoms with Crippen molar-refractivity contribution >= 4 is 23.6 Å². The standard InChI is InChI=1S/C44H57NO8/c1-9-50-32(46)16-14-21-43-40(49)30-25-31(41(6,7)53-43)44(43)34(35(30)45-23-11-10-12-24-45)37(48)33-36(47)28-19-22-42(8,20-13-15-26(2)3)51-38(28)29(39(33)52-44)18-17-27(4)5/h14-17,19,22,30-31,34-35,47H,9-13,18,20-21,23-25H2,1-8H3/b16-14+/t30-,31?,34?,35?,42+,43-,44-/m0/s1. The molecule has 5 fully saturated rings. The molecule has 53 heavy (non-hydrogen) atoms. The molecule has 1 N–H and O–H groups in total. The predicted molar refractivity (Wildman–Crippen MR) is 203 cm³/mol. The van der Waals surface area contributed by atoms with Crippen LogP contribution in [0.2, 0.25) is 0 Å². The molecule has 3 saturated carbocycles. The van der Waals surface area contributed by atoms with Crippen molar-refractivity contribution in [1.82, 2.24) is 4.90 Å². The van der Waals surface area contributed by atoms with Crippen molar-refractivity contribution in [3.8, 4) is 17.2 Å². The third-order valence-corrected chi connectivity index (χ3v) is 12.8. The summed E-state index contributed by atoms with van der Waals surface area (Å²) in [6.45, 7) is 17.8. The maximum absolute atomic E-state index is 15.7. The van der Waals surface area contributed by atoms with Crippen LogP contribution in [-0.4, -0.2) is 75.7 Å². The highest BCUT2D eigenvalue weighted by molar-refractivity contribution is 6.10. The van der Waals surface area contributed by atoms with Gasteiger partial charge in [0.2, 0.25) is 0 Å². The number of benzene rings is 1. The lowest BCUT2D eigenvalue weighted by Gasteiger charge is -2.64. The fraction of sp³-hybridized carbons (Fsp3) is 0.614. The van der Waals surface area contributed by atoms with E-state index in [2.05, 4.69) is 30.9 Å². The Kier molecular flexibility index (Phi) is 9.62. The molecule has 4 aliphatic heterocycles. The van der Waals surface area contributed by atoms with Gasteiger partial charge in [0, 0.05) is 35.9 Å². The second kappa shape index (κ2) is 13.6. The molecule has 7 atom stereocenters. The van der Waals surface area contributed by atoms with Gasteiger partial charge in [-0.3, -0.25) is 14.5 Å². The van der Waals surface area contributed by atoms with Crippen molar-refractivity contribution in [2.24, 2.45) is 17.8 Å². The molecule has 0 amide bonds. The lowest BCUT2D eigenvalue weighted by atomic mass is 9.44. The first-order valence-electron chi connectivity index (χ1n) is 19.7. The van der Waals surface area contributed by atoms with Gasteiger partial charge in [0.05, 0.1) is 23.7 Å². The van der Waals surface area contributed by atoms with E-state index in [1.807, 2.05) is 46.8 Å². The molecule has 3 unspecified atom stereocenters. The van der Waals surface area contributed by atoms with Crippen LogP contribution >= 0.6 is 0 Å². The highest BCUT2D eigenvalue weighted by Crippen LogP contribution is 2.71. The van der Waals surface area contributed by atoms with Gasteiger partial charge in [-0.05, 0) is 119 Å². The summed E-state index contributed by atoms with van der Waals surface area (Å²) in [7, 11) is 0. The predicted octanol–water partition coefficient (Wildman–Crippen LogP) is 7.87. The van der Waals surface area contributed by atoms with E-state index in [-0.39, 0.29) is 47.6 Å². The number of nitrogens with zero attached hydrogens (tertiary/aromatic N) is 1. The molecule has 1 spiro atoms. The van der Waals surface area contributed by atoms with E-state index < -0.39 is 46.3 Å². The van der Waals surface area contributed by atoms with Crippen molar-refractivity contribution < 1.29 is 38.4 Å². The Bertz CT molecular complexity index is 1820. The summed E-state index contributed by atoms with van der Waals surface area (Å²) in [5.74, 6) is -1.73. The van der Waals surface area contributed by atoms with Gasteiger partial charge >= 0.3 is 5.97 Å². The number of allylic oxidation sites excluding steroid dienone is 4. The summed E-state index contributed by atoms with van der Waals surface area (Å²) >= 11 is 0. The van der Waals surface area contributed by atoms with Crippen LogP contribution in [-0.2, 0) is 25.5 Å². The maximum Gasteiger partial charge on any atom is 0.330 e. The van der Waals surface area contributed by atoms with E-state index >= 15 is 9.59 Å². The van der Waals surface area contributed by atoms with Crippen LogP contribution in [0, 0.1) is 17.8 Å². The van der Waals surface area contributed by atoms with Crippen LogP contribution < -0.4 is 9.47 Å². The summed E-state index contributed by atoms with van der Waals surface area (Å²) in [5, 5.41) is 12.2. The Morgan fingerprint density at radius 3 is 2.42 bits per heavy atom. The second-order valence-electron chi connectivity index (χ2n) is 17.3. The number of likely N-dealkylation sites (tertiary alicyclic amines) is 1. The Labute approximate surface area is 314 Å². The van der Waals surface area contributed by atoms with Gasteiger partial charge in [0.1, 0.15) is 28.4 Å². The first kappa shape index (κ1) is 37.6. The number of phenols is 1. The number of carbonyl (C=O) groups excluding carboxylic acids is 3. The minimum Gasteiger partial charge on any atom is -0.506 e. The number of hydrogen-bond acceptors (Lipinski definition) is 9. The smallest absolute Gasteiger partial charge is 0.330 e. The van der Waals surface area contributed by atoms with Crippen molar-refractivity contribution in [3.05, 3.63) is 58.2 Å². The number of Topliss-reactive ketones (excluding diaryl/α,β-unsaturated/α-hetero) is 2. The number of phenolic OH excluding ortho intramolecular Hbond substituents is 1. The topological polar surface area (TPSA) is 112 Å². The molecule has 9 heteroatoms. The number of piperidine rings is 1. The van der Waals surface area contributed by atoms with Gasteiger partial charge in [-0.1, -0.05) is 35.8 Å². The Hall–Kier alpha value is -3.69. The molecular formula is C44H57NO8. The molecule has 8 rings (SSSR count). The molecule has 1 aromatic rings. The third-order valence-electron chi connectivity index (χ3n) is 12.8. The number of esters is 1. The lowest BCUT2D eigenvalue weighted by Crippen LogP contribution is -2.82. The van der Waals surface area contributed by atoms with Crippen molar-refractivity contribution in [1.29, 1.82) is 0 Å². The highest BCUT2D eigenvalue weighted by Gasteiger charge is 2.85. The quantitative estimate of drug-likeness (QED) is 0.146. The molecular weight excluding hydrogens is 670 g/mol. The second-order valence-corrected chi connectivity index (χ2v) is 17.3. The van der Waals surface area contributed by atoms with Gasteiger partial charge in [-0.2, -0.15) is 0 Å². The first-order valence-corrected chi connectivity index (χ1v) is 19.7. The molecule has 7 aliphatic rings. The Morgan fingerprint density at radius 1 is 1.02 bits per heavy atom. The van der Waals surface area contributed by atoms with E-state index in [0.717, 1.165) is 44.3 Å². The average Bonchev–Trinajstić information content (AvgIpc) is 3.24. The summed E-state index contributed by atoms with van der Waals surface area (Å²) in [5.41, 5.74) is -0.805. The van der Waals surface area contributed by atoms with Crippen LogP contribution in [0.1, 0.15) is 122 Å². The van der Waals surface area contributed by atoms with Crippen LogP contribution in [0.3, 0.4) is 0 Å². The number of fused-ring (bicyclic) bond motifs is 2. The van der Waals surface area contributed by atoms with E-state index in [0.29, 0.717) is 36.1 Å². The van der Waals surface area contributed by atoms with Crippen molar-refractivity contribution in [3.63, 3.8) is 0 Å². The lowest BCUT2D eigenvalue weighted by molar-refractivity contribution is -0.214. The summed E-state index contributed by atoms with van der Waals surface area (Å²) in [6, 6.07) is -0.402. The molecule has 0 aromatic heterocycles. The van der Waals surface area contributed by atoms with E-state index in [1.165, 1.54) is 11.6 Å². The van der Waals surface area contributed by atoms with Crippen LogP contribution in [0.25, 0.3) is 6.08 Å². The van der Waals surface area contributed by atoms with Gasteiger partial charge in [0.25, 0.3) is 0 Å². The number of carbonyl (C=O) groups is 3. The van der Waals surface area contributed by atoms with Gasteiger partial charge in [-0.25, -0.2) is 4.79 Å². The number of ketones is 2. The Balaban J connectivity index is 1.46. The molecule has 286 valence electrons. The van der Waals surface area contributed by atoms with Crippen molar-refractivity contribution in [2.45, 2.75) is 135 Å². The average molecular weight is 728 g/mol. The van der Waals surface area contributed by atoms with Crippen LogP contribution in [0.15, 0.2) is 41.5 Å². The van der Waals surface area contributed by atoms with E-state index in [9.17, 15) is 9.90 Å².